The molecule has 9 heteroatoms. The van der Waals surface area contributed by atoms with E-state index in [0.717, 1.165) is 63.2 Å². The number of methoxy groups -OCH3 is 2. The van der Waals surface area contributed by atoms with Gasteiger partial charge < -0.3 is 29.9 Å². The molecule has 0 amide bonds. The Hall–Kier alpha value is -2.56. The smallest absolute Gasteiger partial charge is 0.162 e. The van der Waals surface area contributed by atoms with E-state index in [1.807, 2.05) is 12.1 Å². The van der Waals surface area contributed by atoms with E-state index in [1.54, 1.807) is 14.2 Å². The second-order valence-corrected chi connectivity index (χ2v) is 11.8. The van der Waals surface area contributed by atoms with Gasteiger partial charge in [0, 0.05) is 55.2 Å². The Bertz CT molecular complexity index is 1100. The van der Waals surface area contributed by atoms with Gasteiger partial charge in [-0.2, -0.15) is 0 Å². The van der Waals surface area contributed by atoms with Crippen molar-refractivity contribution in [2.24, 2.45) is 11.5 Å². The Balaban J connectivity index is 1.52. The minimum Gasteiger partial charge on any atom is -0.493 e. The van der Waals surface area contributed by atoms with Crippen molar-refractivity contribution in [2.75, 3.05) is 71.3 Å². The fourth-order valence-corrected chi connectivity index (χ4v) is 6.13. The van der Waals surface area contributed by atoms with Crippen LogP contribution in [0.2, 0.25) is 0 Å². The summed E-state index contributed by atoms with van der Waals surface area (Å²) in [6.07, 6.45) is 2.43. The predicted molar refractivity (Wildman–Crippen MR) is 165 cm³/mol. The average Bonchev–Trinajstić information content (AvgIpc) is 2.94. The second kappa shape index (κ2) is 13.4. The van der Waals surface area contributed by atoms with E-state index in [1.165, 1.54) is 11.3 Å². The van der Waals surface area contributed by atoms with E-state index in [-0.39, 0.29) is 12.5 Å². The summed E-state index contributed by atoms with van der Waals surface area (Å²) in [6, 6.07) is 13.6. The fourth-order valence-electron chi connectivity index (χ4n) is 6.13. The first-order valence-corrected chi connectivity index (χ1v) is 14.6. The minimum absolute atomic E-state index is 0.299. The highest BCUT2D eigenvalue weighted by atomic mass is 16.5. The monoisotopic (exact) mass is 553 g/mol. The lowest BCUT2D eigenvalue weighted by Gasteiger charge is -2.52. The first-order valence-electron chi connectivity index (χ1n) is 14.6. The summed E-state index contributed by atoms with van der Waals surface area (Å²) < 4.78 is 11.3. The Morgan fingerprint density at radius 2 is 1.62 bits per heavy atom. The maximum atomic E-state index is 7.05. The molecule has 2 aliphatic heterocycles. The van der Waals surface area contributed by atoms with E-state index in [0.29, 0.717) is 23.6 Å². The largest absolute Gasteiger partial charge is 0.493 e. The molecule has 0 saturated carbocycles. The molecule has 4 rings (SSSR count). The number of likely N-dealkylation sites (tertiary alicyclic amines) is 1. The zero-order chi connectivity index (χ0) is 29.0. The van der Waals surface area contributed by atoms with Gasteiger partial charge in [-0.15, -0.1) is 0 Å². The van der Waals surface area contributed by atoms with Gasteiger partial charge in [-0.1, -0.05) is 18.2 Å². The third kappa shape index (κ3) is 6.50. The van der Waals surface area contributed by atoms with Crippen molar-refractivity contribution in [3.8, 4) is 11.5 Å². The highest BCUT2D eigenvalue weighted by Crippen LogP contribution is 2.43. The maximum absolute atomic E-state index is 7.05. The number of hydrogen-bond donors (Lipinski definition) is 2. The quantitative estimate of drug-likeness (QED) is 0.434. The van der Waals surface area contributed by atoms with Gasteiger partial charge >= 0.3 is 0 Å². The summed E-state index contributed by atoms with van der Waals surface area (Å²) in [7, 11) is 9.73. The van der Waals surface area contributed by atoms with Gasteiger partial charge in [-0.25, -0.2) is 4.90 Å². The molecule has 0 radical (unpaired) electrons. The molecule has 0 aliphatic carbocycles. The molecule has 1 fully saturated rings. The number of rotatable bonds is 11. The first kappa shape index (κ1) is 30.4. The molecule has 0 aromatic heterocycles. The van der Waals surface area contributed by atoms with Crippen molar-refractivity contribution in [2.45, 2.75) is 64.2 Å². The van der Waals surface area contributed by atoms with E-state index in [2.05, 4.69) is 83.8 Å². The highest BCUT2D eigenvalue weighted by molar-refractivity contribution is 5.65. The molecular formula is C31H51N7O2. The van der Waals surface area contributed by atoms with Crippen LogP contribution in [-0.2, 0) is 6.54 Å². The van der Waals surface area contributed by atoms with Crippen molar-refractivity contribution in [1.82, 2.24) is 14.7 Å². The fraction of sp³-hybridized carbons (Fsp3) is 0.613. The molecule has 2 aromatic carbocycles. The summed E-state index contributed by atoms with van der Waals surface area (Å²) in [5.41, 5.74) is 18.8. The number of benzene rings is 2. The van der Waals surface area contributed by atoms with Crippen molar-refractivity contribution < 1.29 is 9.47 Å². The Kier molecular flexibility index (Phi) is 10.2. The average molecular weight is 554 g/mol. The third-order valence-electron chi connectivity index (χ3n) is 8.63. The number of nitrogens with two attached hydrogens (primary N) is 2. The Morgan fingerprint density at radius 1 is 0.975 bits per heavy atom. The minimum atomic E-state index is -0.313. The summed E-state index contributed by atoms with van der Waals surface area (Å²) in [5, 5.41) is 0. The summed E-state index contributed by atoms with van der Waals surface area (Å²) >= 11 is 0. The van der Waals surface area contributed by atoms with Crippen LogP contribution in [0.4, 0.5) is 11.4 Å². The SMILES string of the molecule is COc1cc2c(cc1OC)N(CCCN(C)C)C(N)N(C1CCN(Cc3ccccc3N(C)C(C)C)CC1)C2N. The molecule has 2 unspecified atom stereocenters. The normalized spacial score (nSPS) is 20.7. The van der Waals surface area contributed by atoms with Crippen LogP contribution in [0, 0.1) is 0 Å². The number of nitrogens with zero attached hydrogens (tertiary/aromatic N) is 5. The molecule has 2 aromatic rings. The standard InChI is InChI=1S/C31H51N7O2/c1-22(2)35(5)26-12-9-8-11-23(26)21-36-17-13-24(14-18-36)38-30(32)25-19-28(39-6)29(40-7)20-27(25)37(31(38)33)16-10-15-34(3)4/h8-9,11-12,19-20,22,24,30-31H,10,13-18,21,32-33H2,1-7H3. The molecule has 4 N–H and O–H groups in total. The van der Waals surface area contributed by atoms with Crippen LogP contribution < -0.4 is 30.7 Å². The molecule has 2 aliphatic rings. The van der Waals surface area contributed by atoms with Gasteiger partial charge in [0.25, 0.3) is 0 Å². The molecule has 2 atom stereocenters. The number of hydrogen-bond acceptors (Lipinski definition) is 9. The zero-order valence-electron chi connectivity index (χ0n) is 25.6. The number of para-hydroxylation sites is 1. The lowest BCUT2D eigenvalue weighted by molar-refractivity contribution is 0.0283. The number of fused-ring (bicyclic) bond motifs is 1. The molecule has 1 saturated heterocycles. The maximum Gasteiger partial charge on any atom is 0.162 e. The number of anilines is 2. The molecule has 40 heavy (non-hydrogen) atoms. The van der Waals surface area contributed by atoms with E-state index in [9.17, 15) is 0 Å². The van der Waals surface area contributed by atoms with Gasteiger partial charge in [0.2, 0.25) is 0 Å². The topological polar surface area (TPSA) is 86.7 Å². The van der Waals surface area contributed by atoms with Crippen LogP contribution >= 0.6 is 0 Å². The van der Waals surface area contributed by atoms with Crippen LogP contribution in [0.15, 0.2) is 36.4 Å². The number of ether oxygens (including phenoxy) is 2. The van der Waals surface area contributed by atoms with Crippen molar-refractivity contribution in [3.63, 3.8) is 0 Å². The van der Waals surface area contributed by atoms with E-state index in [4.69, 9.17) is 20.9 Å². The van der Waals surface area contributed by atoms with Gasteiger partial charge in [-0.05, 0) is 84.5 Å². The van der Waals surface area contributed by atoms with E-state index >= 15 is 0 Å². The molecule has 9 nitrogen and oxygen atoms in total. The second-order valence-electron chi connectivity index (χ2n) is 11.8. The predicted octanol–water partition coefficient (Wildman–Crippen LogP) is 3.49. The highest BCUT2D eigenvalue weighted by Gasteiger charge is 2.41. The van der Waals surface area contributed by atoms with Crippen molar-refractivity contribution >= 4 is 11.4 Å². The van der Waals surface area contributed by atoms with Crippen LogP contribution in [-0.4, -0.2) is 94.6 Å². The summed E-state index contributed by atoms with van der Waals surface area (Å²) in [5.74, 6) is 1.39. The lowest BCUT2D eigenvalue weighted by atomic mass is 9.96. The van der Waals surface area contributed by atoms with Gasteiger partial charge in [0.1, 0.15) is 6.29 Å². The molecule has 0 bridgehead atoms. The van der Waals surface area contributed by atoms with Crippen LogP contribution in [0.1, 0.15) is 50.4 Å². The van der Waals surface area contributed by atoms with Crippen molar-refractivity contribution in [3.05, 3.63) is 47.5 Å². The van der Waals surface area contributed by atoms with Crippen molar-refractivity contribution in [1.29, 1.82) is 0 Å². The van der Waals surface area contributed by atoms with Gasteiger partial charge in [0.15, 0.2) is 11.5 Å². The van der Waals surface area contributed by atoms with E-state index < -0.39 is 0 Å². The van der Waals surface area contributed by atoms with Crippen LogP contribution in [0.5, 0.6) is 11.5 Å². The lowest BCUT2D eigenvalue weighted by Crippen LogP contribution is -2.64. The first-order chi connectivity index (χ1) is 19.2. The van der Waals surface area contributed by atoms with Gasteiger partial charge in [0.05, 0.1) is 20.4 Å². The molecular weight excluding hydrogens is 502 g/mol. The Labute approximate surface area is 241 Å². The van der Waals surface area contributed by atoms with Crippen LogP contribution in [0.25, 0.3) is 0 Å². The zero-order valence-corrected chi connectivity index (χ0v) is 25.6. The Morgan fingerprint density at radius 3 is 2.25 bits per heavy atom. The number of piperidine rings is 1. The summed E-state index contributed by atoms with van der Waals surface area (Å²) in [6.45, 7) is 9.28. The molecule has 222 valence electrons. The van der Waals surface area contributed by atoms with Gasteiger partial charge in [-0.3, -0.25) is 10.6 Å². The molecule has 2 heterocycles. The van der Waals surface area contributed by atoms with Crippen LogP contribution in [0.3, 0.4) is 0 Å². The third-order valence-corrected chi connectivity index (χ3v) is 8.63. The molecule has 0 spiro atoms. The summed E-state index contributed by atoms with van der Waals surface area (Å²) in [4.78, 5) is 11.8.